The van der Waals surface area contributed by atoms with Crippen molar-refractivity contribution in [3.05, 3.63) is 0 Å². The first-order valence-corrected chi connectivity index (χ1v) is 8.76. The lowest BCUT2D eigenvalue weighted by molar-refractivity contribution is -0.152. The lowest BCUT2D eigenvalue weighted by Crippen LogP contribution is -2.26. The number of carbonyl (C=O) groups excluding carboxylic acids is 4. The molecule has 0 bridgehead atoms. The normalized spacial score (nSPS) is 17.3. The molecule has 7 heteroatoms. The lowest BCUT2D eigenvalue weighted by Gasteiger charge is -2.10. The SMILES string of the molecule is CC(=O)C(C#N)C1CC1.CC(=O)Cl.CCOC(=O)C(C(C)=O)C1CC1. The van der Waals surface area contributed by atoms with Gasteiger partial charge < -0.3 is 4.74 Å². The first-order valence-electron chi connectivity index (χ1n) is 8.38. The van der Waals surface area contributed by atoms with Crippen molar-refractivity contribution in [3.8, 4) is 6.07 Å². The molecule has 2 saturated carbocycles. The minimum absolute atomic E-state index is 0.0278. The minimum Gasteiger partial charge on any atom is -0.465 e. The number of ketones is 2. The largest absolute Gasteiger partial charge is 0.465 e. The van der Waals surface area contributed by atoms with Gasteiger partial charge in [-0.25, -0.2) is 0 Å². The average molecular weight is 372 g/mol. The van der Waals surface area contributed by atoms with E-state index >= 15 is 0 Å². The third-order valence-corrected chi connectivity index (χ3v) is 3.74. The molecule has 2 unspecified atom stereocenters. The van der Waals surface area contributed by atoms with Gasteiger partial charge in [-0.3, -0.25) is 19.2 Å². The second-order valence-corrected chi connectivity index (χ2v) is 6.74. The Hall–Kier alpha value is -1.74. The van der Waals surface area contributed by atoms with E-state index in [-0.39, 0.29) is 34.6 Å². The second-order valence-electron chi connectivity index (χ2n) is 6.20. The van der Waals surface area contributed by atoms with Crippen molar-refractivity contribution in [2.45, 2.75) is 53.4 Å². The Balaban J connectivity index is 0.000000391. The zero-order chi connectivity index (χ0) is 19.6. The summed E-state index contributed by atoms with van der Waals surface area (Å²) in [6, 6.07) is 2.01. The van der Waals surface area contributed by atoms with Gasteiger partial charge in [0.15, 0.2) is 0 Å². The van der Waals surface area contributed by atoms with Gasteiger partial charge in [0.05, 0.1) is 12.7 Å². The number of ether oxygens (including phenoxy) is 1. The molecule has 0 radical (unpaired) electrons. The molecule has 6 nitrogen and oxygen atoms in total. The van der Waals surface area contributed by atoms with Crippen molar-refractivity contribution < 1.29 is 23.9 Å². The van der Waals surface area contributed by atoms with E-state index in [9.17, 15) is 19.2 Å². The first-order chi connectivity index (χ1) is 11.6. The summed E-state index contributed by atoms with van der Waals surface area (Å²) < 4.78 is 4.81. The van der Waals surface area contributed by atoms with Crippen LogP contribution in [0.15, 0.2) is 0 Å². The van der Waals surface area contributed by atoms with Crippen LogP contribution in [0.4, 0.5) is 0 Å². The summed E-state index contributed by atoms with van der Waals surface area (Å²) in [6.07, 6.45) is 4.11. The van der Waals surface area contributed by atoms with E-state index in [0.717, 1.165) is 25.7 Å². The fraction of sp³-hybridized carbons (Fsp3) is 0.722. The minimum atomic E-state index is -0.482. The highest BCUT2D eigenvalue weighted by atomic mass is 35.5. The average Bonchev–Trinajstić information content (AvgIpc) is 3.33. The maximum atomic E-state index is 11.2. The van der Waals surface area contributed by atoms with E-state index < -0.39 is 5.92 Å². The molecular weight excluding hydrogens is 346 g/mol. The fourth-order valence-electron chi connectivity index (χ4n) is 2.31. The Morgan fingerprint density at radius 1 is 1.04 bits per heavy atom. The van der Waals surface area contributed by atoms with Gasteiger partial charge in [0.2, 0.25) is 5.24 Å². The highest BCUT2D eigenvalue weighted by Gasteiger charge is 2.40. The number of nitrogens with zero attached hydrogens (tertiary/aromatic N) is 1. The Kier molecular flexibility index (Phi) is 10.9. The molecule has 25 heavy (non-hydrogen) atoms. The summed E-state index contributed by atoms with van der Waals surface area (Å²) in [6.45, 7) is 6.35. The molecule has 0 aromatic heterocycles. The van der Waals surface area contributed by atoms with Crippen LogP contribution in [0.5, 0.6) is 0 Å². The van der Waals surface area contributed by atoms with E-state index in [1.54, 1.807) is 6.92 Å². The lowest BCUT2D eigenvalue weighted by atomic mass is 10.00. The summed E-state index contributed by atoms with van der Waals surface area (Å²) in [7, 11) is 0. The number of carbonyl (C=O) groups is 4. The third kappa shape index (κ3) is 10.7. The van der Waals surface area contributed by atoms with E-state index in [0.29, 0.717) is 12.5 Å². The summed E-state index contributed by atoms with van der Waals surface area (Å²) in [5.74, 6) is -0.493. The first kappa shape index (κ1) is 23.3. The molecule has 2 rings (SSSR count). The molecule has 0 heterocycles. The smallest absolute Gasteiger partial charge is 0.316 e. The van der Waals surface area contributed by atoms with Gasteiger partial charge >= 0.3 is 5.97 Å². The molecule has 2 fully saturated rings. The number of esters is 1. The van der Waals surface area contributed by atoms with Crippen LogP contribution in [0.3, 0.4) is 0 Å². The number of Topliss-reactive ketones (excluding diaryl/α,β-unsaturated/α-hetero) is 2. The van der Waals surface area contributed by atoms with Crippen molar-refractivity contribution in [1.29, 1.82) is 5.26 Å². The molecule has 0 amide bonds. The predicted octanol–water partition coefficient (Wildman–Crippen LogP) is 3.06. The van der Waals surface area contributed by atoms with Gasteiger partial charge in [-0.05, 0) is 69.9 Å². The molecule has 140 valence electrons. The molecular formula is C18H26ClNO5. The van der Waals surface area contributed by atoms with Crippen LogP contribution in [0.25, 0.3) is 0 Å². The van der Waals surface area contributed by atoms with Gasteiger partial charge in [-0.2, -0.15) is 5.26 Å². The summed E-state index contributed by atoms with van der Waals surface area (Å²) in [5, 5.41) is 8.07. The third-order valence-electron chi connectivity index (χ3n) is 3.74. The Morgan fingerprint density at radius 2 is 1.48 bits per heavy atom. The fourth-order valence-corrected chi connectivity index (χ4v) is 2.31. The van der Waals surface area contributed by atoms with Crippen molar-refractivity contribution in [1.82, 2.24) is 0 Å². The summed E-state index contributed by atoms with van der Waals surface area (Å²) in [5.41, 5.74) is 0. The monoisotopic (exact) mass is 371 g/mol. The highest BCUT2D eigenvalue weighted by Crippen LogP contribution is 2.38. The molecule has 0 aromatic carbocycles. The van der Waals surface area contributed by atoms with Crippen LogP contribution in [0.1, 0.15) is 53.4 Å². The van der Waals surface area contributed by atoms with Crippen LogP contribution in [0, 0.1) is 35.0 Å². The molecule has 0 saturated heterocycles. The number of hydrogen-bond donors (Lipinski definition) is 0. The van der Waals surface area contributed by atoms with Crippen molar-refractivity contribution >= 4 is 34.4 Å². The van der Waals surface area contributed by atoms with E-state index in [1.807, 2.05) is 6.07 Å². The van der Waals surface area contributed by atoms with Crippen LogP contribution in [0.2, 0.25) is 0 Å². The zero-order valence-electron chi connectivity index (χ0n) is 15.2. The van der Waals surface area contributed by atoms with Crippen LogP contribution >= 0.6 is 11.6 Å². The van der Waals surface area contributed by atoms with Crippen LogP contribution in [-0.4, -0.2) is 29.4 Å². The standard InChI is InChI=1S/C9H14O3.C7H9NO.C2H3ClO/c1-3-12-9(11)8(6(2)10)7-4-5-7;1-5(9)7(4-8)6-2-3-6;1-2(3)4/h7-8H,3-5H2,1-2H3;6-7H,2-3H2,1H3;1H3. The zero-order valence-corrected chi connectivity index (χ0v) is 16.0. The van der Waals surface area contributed by atoms with Gasteiger partial charge in [0, 0.05) is 6.92 Å². The second kappa shape index (κ2) is 11.8. The van der Waals surface area contributed by atoms with Gasteiger partial charge in [-0.15, -0.1) is 0 Å². The van der Waals surface area contributed by atoms with Crippen molar-refractivity contribution in [3.63, 3.8) is 0 Å². The van der Waals surface area contributed by atoms with Crippen molar-refractivity contribution in [2.75, 3.05) is 6.61 Å². The van der Waals surface area contributed by atoms with Crippen LogP contribution in [-0.2, 0) is 23.9 Å². The van der Waals surface area contributed by atoms with E-state index in [4.69, 9.17) is 10.00 Å². The number of hydrogen-bond acceptors (Lipinski definition) is 6. The molecule has 0 N–H and O–H groups in total. The predicted molar refractivity (Wildman–Crippen MR) is 92.6 cm³/mol. The summed E-state index contributed by atoms with van der Waals surface area (Å²) >= 11 is 4.64. The van der Waals surface area contributed by atoms with Crippen molar-refractivity contribution in [2.24, 2.45) is 23.7 Å². The quantitative estimate of drug-likeness (QED) is 0.404. The molecule has 0 aromatic rings. The molecule has 2 aliphatic rings. The molecule has 2 atom stereocenters. The Labute approximate surface area is 153 Å². The van der Waals surface area contributed by atoms with Gasteiger partial charge in [0.25, 0.3) is 0 Å². The van der Waals surface area contributed by atoms with E-state index in [2.05, 4.69) is 11.6 Å². The topological polar surface area (TPSA) is 101 Å². The number of rotatable bonds is 6. The maximum absolute atomic E-state index is 11.2. The van der Waals surface area contributed by atoms with Gasteiger partial charge in [-0.1, -0.05) is 0 Å². The van der Waals surface area contributed by atoms with E-state index in [1.165, 1.54) is 20.8 Å². The number of nitriles is 1. The molecule has 0 spiro atoms. The van der Waals surface area contributed by atoms with Crippen LogP contribution < -0.4 is 0 Å². The number of halogens is 1. The molecule has 0 aliphatic heterocycles. The van der Waals surface area contributed by atoms with Gasteiger partial charge in [0.1, 0.15) is 23.4 Å². The maximum Gasteiger partial charge on any atom is 0.316 e. The molecule has 2 aliphatic carbocycles. The Morgan fingerprint density at radius 3 is 1.68 bits per heavy atom. The highest BCUT2D eigenvalue weighted by molar-refractivity contribution is 6.62. The summed E-state index contributed by atoms with van der Waals surface area (Å²) in [4.78, 5) is 42.1. The Bertz CT molecular complexity index is 528.